The smallest absolute Gasteiger partial charge is 0.418 e. The Morgan fingerprint density at radius 1 is 1.33 bits per heavy atom. The predicted molar refractivity (Wildman–Crippen MR) is 92.3 cm³/mol. The summed E-state index contributed by atoms with van der Waals surface area (Å²) in [5, 5.41) is 0. The van der Waals surface area contributed by atoms with Crippen LogP contribution in [0.5, 0.6) is 0 Å². The van der Waals surface area contributed by atoms with Crippen molar-refractivity contribution in [2.45, 2.75) is 45.8 Å². The van der Waals surface area contributed by atoms with E-state index in [2.05, 4.69) is 38.5 Å². The number of carbonyl (C=O) groups excluding carboxylic acids is 2. The number of nitrogens with zero attached hydrogens (tertiary/aromatic N) is 1. The molecule has 1 aromatic rings. The lowest BCUT2D eigenvalue weighted by Gasteiger charge is -2.32. The molecule has 0 spiro atoms. The molecule has 0 fully saturated rings. The average molecular weight is 466 g/mol. The lowest BCUT2D eigenvalue weighted by molar-refractivity contribution is 0.00931. The fourth-order valence-corrected chi connectivity index (χ4v) is 4.64. The molecule has 1 aliphatic rings. The van der Waals surface area contributed by atoms with Gasteiger partial charge in [0.15, 0.2) is 0 Å². The van der Waals surface area contributed by atoms with Gasteiger partial charge in [-0.3, -0.25) is 4.79 Å². The molecule has 0 aromatic heterocycles. The van der Waals surface area contributed by atoms with Crippen LogP contribution in [-0.4, -0.2) is 22.5 Å². The van der Waals surface area contributed by atoms with Crippen LogP contribution in [0.4, 0.5) is 4.79 Å². The third-order valence-corrected chi connectivity index (χ3v) is 4.54. The number of hydrogen-bond acceptors (Lipinski definition) is 3. The van der Waals surface area contributed by atoms with Gasteiger partial charge in [-0.2, -0.15) is 0 Å². The van der Waals surface area contributed by atoms with E-state index < -0.39 is 17.2 Å². The number of benzene rings is 1. The first-order chi connectivity index (χ1) is 9.45. The van der Waals surface area contributed by atoms with Crippen LogP contribution in [0, 0.1) is 3.57 Å². The maximum absolute atomic E-state index is 12.6. The number of fused-ring (bicyclic) bond motifs is 1. The van der Waals surface area contributed by atoms with E-state index in [4.69, 9.17) is 4.74 Å². The molecule has 21 heavy (non-hydrogen) atoms. The fourth-order valence-electron chi connectivity index (χ4n) is 2.47. The number of amides is 2. The lowest BCUT2D eigenvalue weighted by atomic mass is 9.94. The summed E-state index contributed by atoms with van der Waals surface area (Å²) in [6.07, 6.45) is -0.611. The molecule has 0 bridgehead atoms. The van der Waals surface area contributed by atoms with Gasteiger partial charge in [-0.05, 0) is 69.3 Å². The normalized spacial score (nSPS) is 16.9. The number of carbonyl (C=O) groups is 2. The van der Waals surface area contributed by atoms with Crippen molar-refractivity contribution in [3.63, 3.8) is 0 Å². The van der Waals surface area contributed by atoms with Gasteiger partial charge in [0.1, 0.15) is 5.60 Å². The molecule has 4 nitrogen and oxygen atoms in total. The molecular formula is C15H17BrINO3. The van der Waals surface area contributed by atoms with E-state index in [0.29, 0.717) is 5.56 Å². The van der Waals surface area contributed by atoms with E-state index in [9.17, 15) is 9.59 Å². The van der Waals surface area contributed by atoms with E-state index in [1.165, 1.54) is 4.90 Å². The summed E-state index contributed by atoms with van der Waals surface area (Å²) in [7, 11) is 0. The highest BCUT2D eigenvalue weighted by molar-refractivity contribution is 14.1. The lowest BCUT2D eigenvalue weighted by Crippen LogP contribution is -2.46. The summed E-state index contributed by atoms with van der Waals surface area (Å²) in [6.45, 7) is 9.07. The molecule has 0 saturated heterocycles. The fraction of sp³-hybridized carbons (Fsp3) is 0.467. The minimum absolute atomic E-state index is 0.316. The molecule has 1 aromatic carbocycles. The summed E-state index contributed by atoms with van der Waals surface area (Å²) in [5.74, 6) is -0.316. The third kappa shape index (κ3) is 2.97. The van der Waals surface area contributed by atoms with Gasteiger partial charge in [0.2, 0.25) is 0 Å². The zero-order valence-corrected chi connectivity index (χ0v) is 16.3. The molecule has 0 aliphatic carbocycles. The van der Waals surface area contributed by atoms with Crippen LogP contribution in [0.1, 0.15) is 50.5 Å². The number of imide groups is 1. The Balaban J connectivity index is 2.51. The molecule has 0 atom stereocenters. The van der Waals surface area contributed by atoms with Gasteiger partial charge in [0.05, 0.1) is 5.54 Å². The van der Waals surface area contributed by atoms with Crippen LogP contribution in [-0.2, 0) is 10.3 Å². The minimum Gasteiger partial charge on any atom is -0.443 e. The second-order valence-electron chi connectivity index (χ2n) is 6.49. The number of hydrogen-bond donors (Lipinski definition) is 0. The number of halogens is 2. The monoisotopic (exact) mass is 465 g/mol. The first-order valence-electron chi connectivity index (χ1n) is 6.52. The molecular weight excluding hydrogens is 449 g/mol. The van der Waals surface area contributed by atoms with Crippen molar-refractivity contribution in [2.75, 3.05) is 0 Å². The van der Waals surface area contributed by atoms with Crippen LogP contribution in [0.3, 0.4) is 0 Å². The summed E-state index contributed by atoms with van der Waals surface area (Å²) >= 11 is 5.58. The van der Waals surface area contributed by atoms with Gasteiger partial charge >= 0.3 is 6.09 Å². The van der Waals surface area contributed by atoms with E-state index in [1.807, 2.05) is 19.9 Å². The van der Waals surface area contributed by atoms with Gasteiger partial charge in [0.25, 0.3) is 5.91 Å². The summed E-state index contributed by atoms with van der Waals surface area (Å²) in [5.41, 5.74) is 0.0360. The van der Waals surface area contributed by atoms with E-state index in [-0.39, 0.29) is 5.91 Å². The third-order valence-electron chi connectivity index (χ3n) is 3.24. The first kappa shape index (κ1) is 16.7. The maximum atomic E-state index is 12.6. The highest BCUT2D eigenvalue weighted by Crippen LogP contribution is 2.43. The highest BCUT2D eigenvalue weighted by atomic mass is 127. The molecule has 0 saturated carbocycles. The van der Waals surface area contributed by atoms with Crippen LogP contribution in [0.25, 0.3) is 0 Å². The average Bonchev–Trinajstić information content (AvgIpc) is 2.42. The Kier molecular flexibility index (Phi) is 4.16. The Bertz CT molecular complexity index is 635. The van der Waals surface area contributed by atoms with Crippen LogP contribution in [0.15, 0.2) is 16.6 Å². The van der Waals surface area contributed by atoms with Crippen molar-refractivity contribution >= 4 is 50.5 Å². The van der Waals surface area contributed by atoms with Gasteiger partial charge in [-0.15, -0.1) is 0 Å². The largest absolute Gasteiger partial charge is 0.443 e. The molecule has 0 radical (unpaired) electrons. The maximum Gasteiger partial charge on any atom is 0.418 e. The molecule has 2 amide bonds. The molecule has 0 unspecified atom stereocenters. The SMILES string of the molecule is CC(C)(C)OC(=O)N1C(=O)c2cc(Br)cc(I)c2C1(C)C. The summed E-state index contributed by atoms with van der Waals surface area (Å²) in [4.78, 5) is 26.3. The van der Waals surface area contributed by atoms with Crippen molar-refractivity contribution in [2.24, 2.45) is 0 Å². The zero-order chi connectivity index (χ0) is 16.2. The highest BCUT2D eigenvalue weighted by Gasteiger charge is 2.49. The van der Waals surface area contributed by atoms with E-state index in [1.54, 1.807) is 26.8 Å². The summed E-state index contributed by atoms with van der Waals surface area (Å²) in [6, 6.07) is 3.69. The van der Waals surface area contributed by atoms with Crippen LogP contribution >= 0.6 is 38.5 Å². The van der Waals surface area contributed by atoms with Crippen molar-refractivity contribution in [1.29, 1.82) is 0 Å². The molecule has 2 rings (SSSR count). The predicted octanol–water partition coefficient (Wildman–Crippen LogP) is 4.68. The topological polar surface area (TPSA) is 46.6 Å². The summed E-state index contributed by atoms with van der Waals surface area (Å²) < 4.78 is 7.15. The molecule has 0 N–H and O–H groups in total. The van der Waals surface area contributed by atoms with Gasteiger partial charge in [-0.1, -0.05) is 15.9 Å². The molecule has 6 heteroatoms. The van der Waals surface area contributed by atoms with Crippen LogP contribution in [0.2, 0.25) is 0 Å². The zero-order valence-electron chi connectivity index (χ0n) is 12.6. The van der Waals surface area contributed by atoms with Crippen molar-refractivity contribution in [3.8, 4) is 0 Å². The number of rotatable bonds is 0. The van der Waals surface area contributed by atoms with E-state index in [0.717, 1.165) is 13.6 Å². The second kappa shape index (κ2) is 5.22. The van der Waals surface area contributed by atoms with Gasteiger partial charge < -0.3 is 4.74 Å². The van der Waals surface area contributed by atoms with Crippen molar-refractivity contribution in [1.82, 2.24) is 4.90 Å². The Morgan fingerprint density at radius 3 is 2.43 bits per heavy atom. The Labute approximate surface area is 146 Å². The second-order valence-corrected chi connectivity index (χ2v) is 8.57. The Hall–Kier alpha value is -0.630. The van der Waals surface area contributed by atoms with E-state index >= 15 is 0 Å². The molecule has 1 aliphatic heterocycles. The molecule has 114 valence electrons. The van der Waals surface area contributed by atoms with Crippen molar-refractivity contribution in [3.05, 3.63) is 31.3 Å². The Morgan fingerprint density at radius 2 is 1.90 bits per heavy atom. The standard InChI is InChI=1S/C15H17BrINO3/c1-14(2,3)21-13(20)18-12(19)9-6-8(16)7-10(17)11(9)15(18,4)5/h6-7H,1-5H3. The first-order valence-corrected chi connectivity index (χ1v) is 8.39. The van der Waals surface area contributed by atoms with Gasteiger partial charge in [0, 0.05) is 19.2 Å². The van der Waals surface area contributed by atoms with Crippen LogP contribution < -0.4 is 0 Å². The molecule has 1 heterocycles. The van der Waals surface area contributed by atoms with Gasteiger partial charge in [-0.25, -0.2) is 9.69 Å². The van der Waals surface area contributed by atoms with Crippen molar-refractivity contribution < 1.29 is 14.3 Å². The minimum atomic E-state index is -0.730. The number of ether oxygens (including phenoxy) is 1. The quantitative estimate of drug-likeness (QED) is 0.522.